The van der Waals surface area contributed by atoms with E-state index in [1.807, 2.05) is 18.3 Å². The largest absolute Gasteiger partial charge is 0.478 e. The van der Waals surface area contributed by atoms with Gasteiger partial charge in [-0.05, 0) is 30.5 Å². The number of H-pyrrole nitrogens is 1. The van der Waals surface area contributed by atoms with Crippen molar-refractivity contribution in [3.8, 4) is 0 Å². The zero-order chi connectivity index (χ0) is 18.5. The lowest BCUT2D eigenvalue weighted by Gasteiger charge is -2.04. The van der Waals surface area contributed by atoms with Crippen LogP contribution >= 0.6 is 15.9 Å². The third kappa shape index (κ3) is 10.9. The molecular weight excluding hydrogens is 392 g/mol. The van der Waals surface area contributed by atoms with E-state index in [1.165, 1.54) is 5.56 Å². The highest BCUT2D eigenvalue weighted by Crippen LogP contribution is 2.11. The molecule has 134 valence electrons. The Morgan fingerprint density at radius 1 is 1.16 bits per heavy atom. The summed E-state index contributed by atoms with van der Waals surface area (Å²) in [6, 6.07) is 8.20. The number of aryl methyl sites for hydroxylation is 1. The van der Waals surface area contributed by atoms with Gasteiger partial charge in [0.1, 0.15) is 0 Å². The summed E-state index contributed by atoms with van der Waals surface area (Å²) in [5.74, 6) is -2.51. The van der Waals surface area contributed by atoms with Crippen LogP contribution in [0.2, 0.25) is 0 Å². The first kappa shape index (κ1) is 20.6. The van der Waals surface area contributed by atoms with Crippen LogP contribution in [0.4, 0.5) is 0 Å². The first-order valence-corrected chi connectivity index (χ1v) is 8.20. The first-order valence-electron chi connectivity index (χ1n) is 7.40. The number of hydrogen-bond acceptors (Lipinski definition) is 4. The Morgan fingerprint density at radius 3 is 2.32 bits per heavy atom. The van der Waals surface area contributed by atoms with E-state index in [-0.39, 0.29) is 0 Å². The van der Waals surface area contributed by atoms with Crippen LogP contribution in [0.1, 0.15) is 17.7 Å². The van der Waals surface area contributed by atoms with Crippen molar-refractivity contribution in [3.05, 3.63) is 64.7 Å². The van der Waals surface area contributed by atoms with Gasteiger partial charge in [0.2, 0.25) is 0 Å². The Balaban J connectivity index is 0.000000333. The Bertz CT molecular complexity index is 653. The predicted octanol–water partition coefficient (Wildman–Crippen LogP) is 3.03. The van der Waals surface area contributed by atoms with Crippen LogP contribution in [0.25, 0.3) is 0 Å². The molecular formula is C17H19BrN2O5. The van der Waals surface area contributed by atoms with Gasteiger partial charge in [-0.1, -0.05) is 28.1 Å². The van der Waals surface area contributed by atoms with E-state index in [1.54, 1.807) is 6.33 Å². The SMILES string of the molecule is Brc1ccc(COCCCc2cnc[nH]2)cc1.O=C(O)/C=C\C(=O)O. The maximum absolute atomic E-state index is 9.55. The minimum Gasteiger partial charge on any atom is -0.478 e. The Morgan fingerprint density at radius 2 is 1.80 bits per heavy atom. The summed E-state index contributed by atoms with van der Waals surface area (Å²) in [5.41, 5.74) is 2.37. The average molecular weight is 411 g/mol. The second kappa shape index (κ2) is 12.0. The number of carboxylic acid groups (broad SMARTS) is 2. The topological polar surface area (TPSA) is 113 Å². The lowest BCUT2D eigenvalue weighted by Crippen LogP contribution is -1.97. The molecule has 1 aromatic carbocycles. The van der Waals surface area contributed by atoms with E-state index >= 15 is 0 Å². The average Bonchev–Trinajstić information content (AvgIpc) is 3.08. The van der Waals surface area contributed by atoms with Gasteiger partial charge in [0.15, 0.2) is 0 Å². The molecule has 0 unspecified atom stereocenters. The molecule has 25 heavy (non-hydrogen) atoms. The standard InChI is InChI=1S/C13H15BrN2O.C4H4O4/c14-12-5-3-11(4-6-12)9-17-7-1-2-13-8-15-10-16-13;5-3(6)1-2-4(7)8/h3-6,8,10H,1-2,7,9H2,(H,15,16);1-2H,(H,5,6)(H,7,8)/b;2-1-. The van der Waals surface area contributed by atoms with Gasteiger partial charge >= 0.3 is 11.9 Å². The van der Waals surface area contributed by atoms with Gasteiger partial charge in [0.05, 0.1) is 12.9 Å². The zero-order valence-corrected chi connectivity index (χ0v) is 15.0. The molecule has 2 rings (SSSR count). The van der Waals surface area contributed by atoms with Gasteiger partial charge in [-0.3, -0.25) is 0 Å². The third-order valence-electron chi connectivity index (χ3n) is 2.84. The highest BCUT2D eigenvalue weighted by atomic mass is 79.9. The minimum absolute atomic E-state index is 0.558. The second-order valence-corrected chi connectivity index (χ2v) is 5.78. The van der Waals surface area contributed by atoms with Gasteiger partial charge < -0.3 is 19.9 Å². The molecule has 0 aliphatic rings. The van der Waals surface area contributed by atoms with Crippen molar-refractivity contribution in [2.75, 3.05) is 6.61 Å². The molecule has 0 aliphatic heterocycles. The number of ether oxygens (including phenoxy) is 1. The van der Waals surface area contributed by atoms with Gasteiger partial charge in [0, 0.05) is 35.1 Å². The summed E-state index contributed by atoms with van der Waals surface area (Å²) in [6.45, 7) is 1.45. The van der Waals surface area contributed by atoms with Crippen molar-refractivity contribution in [1.29, 1.82) is 0 Å². The monoisotopic (exact) mass is 410 g/mol. The van der Waals surface area contributed by atoms with Crippen molar-refractivity contribution < 1.29 is 24.5 Å². The fourth-order valence-electron chi connectivity index (χ4n) is 1.70. The second-order valence-electron chi connectivity index (χ2n) is 4.87. The fraction of sp³-hybridized carbons (Fsp3) is 0.235. The van der Waals surface area contributed by atoms with Gasteiger partial charge in [0.25, 0.3) is 0 Å². The quantitative estimate of drug-likeness (QED) is 0.455. The number of halogens is 1. The third-order valence-corrected chi connectivity index (χ3v) is 3.37. The van der Waals surface area contributed by atoms with Crippen LogP contribution in [-0.4, -0.2) is 38.7 Å². The number of aromatic amines is 1. The van der Waals surface area contributed by atoms with Crippen LogP contribution in [-0.2, 0) is 27.4 Å². The van der Waals surface area contributed by atoms with Crippen molar-refractivity contribution in [2.24, 2.45) is 0 Å². The molecule has 3 N–H and O–H groups in total. The van der Waals surface area contributed by atoms with Crippen LogP contribution in [0.5, 0.6) is 0 Å². The van der Waals surface area contributed by atoms with Crippen LogP contribution in [0.3, 0.4) is 0 Å². The predicted molar refractivity (Wildman–Crippen MR) is 95.1 cm³/mol. The maximum Gasteiger partial charge on any atom is 0.328 e. The Labute approximate surface area is 153 Å². The molecule has 0 radical (unpaired) electrons. The number of rotatable bonds is 8. The number of nitrogens with one attached hydrogen (secondary N) is 1. The molecule has 2 aromatic rings. The van der Waals surface area contributed by atoms with E-state index < -0.39 is 11.9 Å². The van der Waals surface area contributed by atoms with E-state index in [4.69, 9.17) is 14.9 Å². The Kier molecular flexibility index (Phi) is 9.88. The maximum atomic E-state index is 9.55. The summed E-state index contributed by atoms with van der Waals surface area (Å²) in [5, 5.41) is 15.6. The van der Waals surface area contributed by atoms with Crippen molar-refractivity contribution >= 4 is 27.9 Å². The number of aromatic nitrogens is 2. The molecule has 0 saturated heterocycles. The number of benzene rings is 1. The fourth-order valence-corrected chi connectivity index (χ4v) is 1.96. The molecule has 8 heteroatoms. The van der Waals surface area contributed by atoms with Gasteiger partial charge in [-0.2, -0.15) is 0 Å². The van der Waals surface area contributed by atoms with Gasteiger partial charge in [-0.25, -0.2) is 14.6 Å². The molecule has 1 aromatic heterocycles. The highest BCUT2D eigenvalue weighted by Gasteiger charge is 1.96. The zero-order valence-electron chi connectivity index (χ0n) is 13.4. The molecule has 0 aliphatic carbocycles. The lowest BCUT2D eigenvalue weighted by atomic mass is 10.2. The molecule has 0 fully saturated rings. The summed E-state index contributed by atoms with van der Waals surface area (Å²) >= 11 is 3.41. The Hall–Kier alpha value is -2.45. The van der Waals surface area contributed by atoms with Crippen LogP contribution in [0, 0.1) is 0 Å². The minimum atomic E-state index is -1.26. The molecule has 0 saturated carbocycles. The van der Waals surface area contributed by atoms with Crippen molar-refractivity contribution in [2.45, 2.75) is 19.4 Å². The van der Waals surface area contributed by atoms with E-state index in [0.29, 0.717) is 18.8 Å². The summed E-state index contributed by atoms with van der Waals surface area (Å²) in [4.78, 5) is 26.2. The van der Waals surface area contributed by atoms with Crippen molar-refractivity contribution in [1.82, 2.24) is 9.97 Å². The smallest absolute Gasteiger partial charge is 0.328 e. The molecule has 0 bridgehead atoms. The van der Waals surface area contributed by atoms with E-state index in [0.717, 1.165) is 29.6 Å². The number of carbonyl (C=O) groups is 2. The van der Waals surface area contributed by atoms with Crippen molar-refractivity contribution in [3.63, 3.8) is 0 Å². The molecule has 7 nitrogen and oxygen atoms in total. The first-order chi connectivity index (χ1) is 12.0. The summed E-state index contributed by atoms with van der Waals surface area (Å²) in [7, 11) is 0. The molecule has 0 spiro atoms. The summed E-state index contributed by atoms with van der Waals surface area (Å²) in [6.07, 6.45) is 6.68. The van der Waals surface area contributed by atoms with E-state index in [9.17, 15) is 9.59 Å². The molecule has 0 atom stereocenters. The molecule has 1 heterocycles. The number of imidazole rings is 1. The number of nitrogens with zero attached hydrogens (tertiary/aromatic N) is 1. The van der Waals surface area contributed by atoms with Crippen LogP contribution in [0.15, 0.2) is 53.4 Å². The number of hydrogen-bond donors (Lipinski definition) is 3. The van der Waals surface area contributed by atoms with Crippen LogP contribution < -0.4 is 0 Å². The van der Waals surface area contributed by atoms with Gasteiger partial charge in [-0.15, -0.1) is 0 Å². The normalized spacial score (nSPS) is 10.3. The molecule has 0 amide bonds. The van der Waals surface area contributed by atoms with E-state index in [2.05, 4.69) is 38.0 Å². The lowest BCUT2D eigenvalue weighted by molar-refractivity contribution is -0.134. The highest BCUT2D eigenvalue weighted by molar-refractivity contribution is 9.10. The number of carboxylic acids is 2. The summed E-state index contributed by atoms with van der Waals surface area (Å²) < 4.78 is 6.71. The number of aliphatic carboxylic acids is 2.